The van der Waals surface area contributed by atoms with Crippen molar-refractivity contribution in [2.75, 3.05) is 24.3 Å². The van der Waals surface area contributed by atoms with Crippen molar-refractivity contribution in [2.45, 2.75) is 13.8 Å². The summed E-state index contributed by atoms with van der Waals surface area (Å²) in [6, 6.07) is 13.4. The van der Waals surface area contributed by atoms with Gasteiger partial charge in [0, 0.05) is 35.6 Å². The van der Waals surface area contributed by atoms with Crippen LogP contribution in [0.5, 0.6) is 5.75 Å². The lowest BCUT2D eigenvalue weighted by atomic mass is 10.2. The Bertz CT molecular complexity index is 1200. The molecule has 0 aliphatic rings. The van der Waals surface area contributed by atoms with Gasteiger partial charge in [-0.2, -0.15) is 0 Å². The predicted molar refractivity (Wildman–Crippen MR) is 129 cm³/mol. The van der Waals surface area contributed by atoms with Crippen LogP contribution in [0, 0.1) is 44.2 Å². The second-order valence-electron chi connectivity index (χ2n) is 6.81. The van der Waals surface area contributed by atoms with Gasteiger partial charge in [0.25, 0.3) is 11.4 Å². The molecule has 0 atom stereocenters. The molecule has 0 heterocycles. The number of nitro benzene ring substituents is 3. The number of methoxy groups -OCH3 is 1. The summed E-state index contributed by atoms with van der Waals surface area (Å²) in [5.41, 5.74) is 18.8. The second kappa shape index (κ2) is 12.2. The summed E-state index contributed by atoms with van der Waals surface area (Å²) in [5, 5.41) is 30.9. The number of hydrogen-bond donors (Lipinski definition) is 3. The Morgan fingerprint density at radius 2 is 1.32 bits per heavy atom. The van der Waals surface area contributed by atoms with Crippen LogP contribution in [0.25, 0.3) is 0 Å². The molecule has 180 valence electrons. The van der Waals surface area contributed by atoms with Crippen LogP contribution in [0.15, 0.2) is 54.6 Å². The quantitative estimate of drug-likeness (QED) is 0.279. The SMILES string of the molecule is COc1ccc(N)cc1[N+](=O)[O-].Cc1ccc(N)c([N+](=O)[O-])c1.Cc1ccc([N+](=O)[O-])cc1N. The molecule has 3 aromatic carbocycles. The lowest BCUT2D eigenvalue weighted by Gasteiger charge is -2.00. The van der Waals surface area contributed by atoms with E-state index in [0.717, 1.165) is 11.1 Å². The van der Waals surface area contributed by atoms with Crippen molar-refractivity contribution in [1.82, 2.24) is 0 Å². The number of aryl methyl sites for hydroxylation is 2. The fourth-order valence-electron chi connectivity index (χ4n) is 2.40. The Hall–Kier alpha value is -4.94. The zero-order valence-electron chi connectivity index (χ0n) is 18.6. The summed E-state index contributed by atoms with van der Waals surface area (Å²) in [6.07, 6.45) is 0. The molecule has 0 aliphatic carbocycles. The normalized spacial score (nSPS) is 9.50. The molecule has 0 bridgehead atoms. The molecule has 13 nitrogen and oxygen atoms in total. The van der Waals surface area contributed by atoms with Gasteiger partial charge in [-0.3, -0.25) is 30.3 Å². The van der Waals surface area contributed by atoms with E-state index in [0.29, 0.717) is 11.4 Å². The summed E-state index contributed by atoms with van der Waals surface area (Å²) in [4.78, 5) is 29.4. The number of non-ortho nitro benzene ring substituents is 1. The molecule has 3 aromatic rings. The number of nitrogen functional groups attached to an aromatic ring is 3. The van der Waals surface area contributed by atoms with E-state index < -0.39 is 14.8 Å². The zero-order chi connectivity index (χ0) is 26.0. The molecule has 0 unspecified atom stereocenters. The van der Waals surface area contributed by atoms with E-state index in [1.54, 1.807) is 32.0 Å². The maximum absolute atomic E-state index is 10.4. The lowest BCUT2D eigenvalue weighted by Crippen LogP contribution is -1.95. The molecule has 13 heteroatoms. The van der Waals surface area contributed by atoms with Crippen molar-refractivity contribution in [3.63, 3.8) is 0 Å². The van der Waals surface area contributed by atoms with Crippen molar-refractivity contribution < 1.29 is 19.5 Å². The Balaban J connectivity index is 0.000000255. The molecule has 0 saturated heterocycles. The fourth-order valence-corrected chi connectivity index (χ4v) is 2.40. The van der Waals surface area contributed by atoms with Gasteiger partial charge in [0.15, 0.2) is 5.75 Å². The van der Waals surface area contributed by atoms with Crippen LogP contribution >= 0.6 is 0 Å². The first-order valence-electron chi connectivity index (χ1n) is 9.46. The first-order valence-corrected chi connectivity index (χ1v) is 9.46. The van der Waals surface area contributed by atoms with E-state index in [2.05, 4.69) is 0 Å². The van der Waals surface area contributed by atoms with Crippen LogP contribution in [0.1, 0.15) is 11.1 Å². The highest BCUT2D eigenvalue weighted by molar-refractivity contribution is 5.59. The van der Waals surface area contributed by atoms with Crippen molar-refractivity contribution in [2.24, 2.45) is 0 Å². The van der Waals surface area contributed by atoms with Crippen LogP contribution in [0.3, 0.4) is 0 Å². The van der Waals surface area contributed by atoms with Crippen LogP contribution in [-0.4, -0.2) is 21.9 Å². The minimum absolute atomic E-state index is 0.0231. The topological polar surface area (TPSA) is 217 Å². The minimum Gasteiger partial charge on any atom is -0.490 e. The Labute approximate surface area is 194 Å². The van der Waals surface area contributed by atoms with Crippen molar-refractivity contribution >= 4 is 34.1 Å². The summed E-state index contributed by atoms with van der Waals surface area (Å²) >= 11 is 0. The van der Waals surface area contributed by atoms with Gasteiger partial charge < -0.3 is 21.9 Å². The third kappa shape index (κ3) is 7.96. The maximum atomic E-state index is 10.4. The van der Waals surface area contributed by atoms with Gasteiger partial charge in [0.05, 0.1) is 21.9 Å². The average Bonchev–Trinajstić information content (AvgIpc) is 2.77. The van der Waals surface area contributed by atoms with Crippen molar-refractivity contribution in [1.29, 1.82) is 0 Å². The van der Waals surface area contributed by atoms with E-state index in [1.165, 1.54) is 43.5 Å². The maximum Gasteiger partial charge on any atom is 0.312 e. The highest BCUT2D eigenvalue weighted by atomic mass is 16.6. The average molecular weight is 472 g/mol. The molecular weight excluding hydrogens is 448 g/mol. The molecule has 0 aromatic heterocycles. The number of rotatable bonds is 4. The number of anilines is 3. The van der Waals surface area contributed by atoms with E-state index in [-0.39, 0.29) is 28.5 Å². The number of ether oxygens (including phenoxy) is 1. The number of hydrogen-bond acceptors (Lipinski definition) is 10. The van der Waals surface area contributed by atoms with E-state index >= 15 is 0 Å². The summed E-state index contributed by atoms with van der Waals surface area (Å²) < 4.78 is 4.76. The van der Waals surface area contributed by atoms with Crippen LogP contribution in [0.2, 0.25) is 0 Å². The largest absolute Gasteiger partial charge is 0.490 e. The first-order chi connectivity index (χ1) is 15.9. The van der Waals surface area contributed by atoms with E-state index in [4.69, 9.17) is 21.9 Å². The standard InChI is InChI=1S/C7H8N2O3.2C7H8N2O2/c1-12-7-3-2-5(8)4-6(7)9(10)11;1-5-2-3-6(9(10)11)4-7(5)8;1-5-2-3-6(8)7(4-5)9(10)11/h2-4H,8H2,1H3;2*2-4H,8H2,1H3. The molecule has 0 spiro atoms. The Morgan fingerprint density at radius 1 is 0.706 bits per heavy atom. The highest BCUT2D eigenvalue weighted by Gasteiger charge is 2.13. The van der Waals surface area contributed by atoms with Crippen LogP contribution in [0.4, 0.5) is 34.1 Å². The first kappa shape index (κ1) is 27.1. The lowest BCUT2D eigenvalue weighted by molar-refractivity contribution is -0.385. The number of nitrogens with zero attached hydrogens (tertiary/aromatic N) is 3. The monoisotopic (exact) mass is 472 g/mol. The van der Waals surface area contributed by atoms with Gasteiger partial charge in [-0.15, -0.1) is 0 Å². The molecule has 0 amide bonds. The van der Waals surface area contributed by atoms with Crippen LogP contribution < -0.4 is 21.9 Å². The molecular formula is C21H24N6O7. The summed E-state index contributed by atoms with van der Waals surface area (Å²) in [5.74, 6) is 0.217. The number of nitrogens with two attached hydrogens (primary N) is 3. The minimum atomic E-state index is -0.533. The van der Waals surface area contributed by atoms with Crippen molar-refractivity contribution in [3.8, 4) is 5.75 Å². The molecule has 0 saturated carbocycles. The van der Waals surface area contributed by atoms with Gasteiger partial charge in [-0.25, -0.2) is 0 Å². The molecule has 3 rings (SSSR count). The molecule has 0 fully saturated rings. The Morgan fingerprint density at radius 3 is 1.79 bits per heavy atom. The van der Waals surface area contributed by atoms with Gasteiger partial charge in [-0.1, -0.05) is 12.1 Å². The van der Waals surface area contributed by atoms with E-state index in [9.17, 15) is 30.3 Å². The Kier molecular flexibility index (Phi) is 9.71. The van der Waals surface area contributed by atoms with Gasteiger partial charge >= 0.3 is 5.69 Å². The van der Waals surface area contributed by atoms with Crippen LogP contribution in [-0.2, 0) is 0 Å². The van der Waals surface area contributed by atoms with Gasteiger partial charge in [-0.05, 0) is 43.2 Å². The summed E-state index contributed by atoms with van der Waals surface area (Å²) in [7, 11) is 1.37. The third-order valence-electron chi connectivity index (χ3n) is 4.26. The zero-order valence-corrected chi connectivity index (χ0v) is 18.6. The van der Waals surface area contributed by atoms with E-state index in [1.807, 2.05) is 0 Å². The number of nitro groups is 3. The van der Waals surface area contributed by atoms with Gasteiger partial charge in [0.1, 0.15) is 5.69 Å². The summed E-state index contributed by atoms with van der Waals surface area (Å²) in [6.45, 7) is 3.59. The highest BCUT2D eigenvalue weighted by Crippen LogP contribution is 2.28. The molecule has 0 aliphatic heterocycles. The number of benzene rings is 3. The predicted octanol–water partition coefficient (Wildman–Crippen LogP) is 4.16. The van der Waals surface area contributed by atoms with Gasteiger partial charge in [0.2, 0.25) is 0 Å². The second-order valence-corrected chi connectivity index (χ2v) is 6.81. The smallest absolute Gasteiger partial charge is 0.312 e. The molecule has 6 N–H and O–H groups in total. The molecule has 34 heavy (non-hydrogen) atoms. The van der Waals surface area contributed by atoms with Crippen molar-refractivity contribution in [3.05, 3.63) is 96.1 Å². The fraction of sp³-hybridized carbons (Fsp3) is 0.143. The molecule has 0 radical (unpaired) electrons. The third-order valence-corrected chi connectivity index (χ3v) is 4.26.